The number of sulfone groups is 1. The second-order valence-electron chi connectivity index (χ2n) is 8.81. The Labute approximate surface area is 198 Å². The monoisotopic (exact) mass is 475 g/mol. The van der Waals surface area contributed by atoms with Crippen LogP contribution in [0.1, 0.15) is 22.3 Å². The summed E-state index contributed by atoms with van der Waals surface area (Å²) in [6.07, 6.45) is 6.87. The quantitative estimate of drug-likeness (QED) is 0.486. The van der Waals surface area contributed by atoms with Crippen LogP contribution in [-0.2, 0) is 9.84 Å². The van der Waals surface area contributed by atoms with E-state index in [0.29, 0.717) is 35.5 Å². The van der Waals surface area contributed by atoms with Crippen molar-refractivity contribution in [1.29, 1.82) is 0 Å². The molecule has 0 saturated carbocycles. The van der Waals surface area contributed by atoms with Crippen molar-refractivity contribution in [2.24, 2.45) is 5.73 Å². The Morgan fingerprint density at radius 2 is 1.85 bits per heavy atom. The van der Waals surface area contributed by atoms with Crippen LogP contribution in [0.15, 0.2) is 66.0 Å². The van der Waals surface area contributed by atoms with Crippen molar-refractivity contribution in [2.75, 3.05) is 19.3 Å². The Morgan fingerprint density at radius 3 is 2.50 bits per heavy atom. The van der Waals surface area contributed by atoms with E-state index in [1.165, 1.54) is 12.5 Å². The predicted octanol–water partition coefficient (Wildman–Crippen LogP) is 2.97. The molecule has 174 valence electrons. The van der Waals surface area contributed by atoms with E-state index in [4.69, 9.17) is 5.73 Å². The van der Waals surface area contributed by atoms with Crippen molar-refractivity contribution in [2.45, 2.75) is 24.3 Å². The second-order valence-corrected chi connectivity index (χ2v) is 10.8. The van der Waals surface area contributed by atoms with Crippen LogP contribution in [0.4, 0.5) is 0 Å². The number of carbonyl (C=O) groups is 1. The van der Waals surface area contributed by atoms with Gasteiger partial charge in [-0.25, -0.2) is 18.4 Å². The van der Waals surface area contributed by atoms with Gasteiger partial charge in [-0.2, -0.15) is 0 Å². The molecule has 0 unspecified atom stereocenters. The Morgan fingerprint density at radius 1 is 1.09 bits per heavy atom. The van der Waals surface area contributed by atoms with Crippen molar-refractivity contribution in [1.82, 2.24) is 19.4 Å². The first-order chi connectivity index (χ1) is 16.2. The number of carbonyl (C=O) groups excluding carboxylic acids is 1. The van der Waals surface area contributed by atoms with Gasteiger partial charge < -0.3 is 10.6 Å². The maximum Gasteiger partial charge on any atom is 0.253 e. The van der Waals surface area contributed by atoms with Gasteiger partial charge >= 0.3 is 0 Å². The zero-order valence-corrected chi connectivity index (χ0v) is 19.8. The molecule has 5 rings (SSSR count). The van der Waals surface area contributed by atoms with Gasteiger partial charge in [0.15, 0.2) is 9.84 Å². The lowest BCUT2D eigenvalue weighted by Gasteiger charge is -2.16. The van der Waals surface area contributed by atoms with E-state index in [1.807, 2.05) is 31.2 Å². The molecule has 1 saturated heterocycles. The fourth-order valence-electron chi connectivity index (χ4n) is 4.36. The summed E-state index contributed by atoms with van der Waals surface area (Å²) in [6.45, 7) is 3.14. The molecule has 4 aromatic rings. The molecule has 0 spiro atoms. The van der Waals surface area contributed by atoms with Gasteiger partial charge in [0.25, 0.3) is 5.91 Å². The van der Waals surface area contributed by atoms with E-state index >= 15 is 0 Å². The van der Waals surface area contributed by atoms with E-state index in [1.54, 1.807) is 40.1 Å². The topological polar surface area (TPSA) is 111 Å². The molecule has 1 aliphatic rings. The zero-order chi connectivity index (χ0) is 24.0. The molecule has 8 nitrogen and oxygen atoms in total. The first-order valence-electron chi connectivity index (χ1n) is 11.0. The van der Waals surface area contributed by atoms with Crippen LogP contribution < -0.4 is 5.73 Å². The van der Waals surface area contributed by atoms with Gasteiger partial charge in [0.2, 0.25) is 5.95 Å². The zero-order valence-electron chi connectivity index (χ0n) is 19.0. The van der Waals surface area contributed by atoms with E-state index < -0.39 is 9.84 Å². The molecule has 1 atom stereocenters. The lowest BCUT2D eigenvalue weighted by atomic mass is 10.1. The molecule has 34 heavy (non-hydrogen) atoms. The number of benzene rings is 2. The molecule has 2 N–H and O–H groups in total. The van der Waals surface area contributed by atoms with Crippen molar-refractivity contribution < 1.29 is 13.2 Å². The Balaban J connectivity index is 1.60. The first kappa shape index (κ1) is 22.2. The first-order valence-corrected chi connectivity index (χ1v) is 12.9. The molecule has 0 bridgehead atoms. The summed E-state index contributed by atoms with van der Waals surface area (Å²) in [5, 5.41) is 0.517. The summed E-state index contributed by atoms with van der Waals surface area (Å²) in [4.78, 5) is 23.9. The van der Waals surface area contributed by atoms with Gasteiger partial charge in [-0.05, 0) is 31.0 Å². The largest absolute Gasteiger partial charge is 0.337 e. The molecule has 0 radical (unpaired) electrons. The number of aryl methyl sites for hydroxylation is 1. The summed E-state index contributed by atoms with van der Waals surface area (Å²) < 4.78 is 26.6. The fourth-order valence-corrected chi connectivity index (χ4v) is 5.23. The third-order valence-electron chi connectivity index (χ3n) is 6.13. The Kier molecular flexibility index (Phi) is 5.45. The normalized spacial score (nSPS) is 16.3. The van der Waals surface area contributed by atoms with Crippen LogP contribution >= 0.6 is 0 Å². The summed E-state index contributed by atoms with van der Waals surface area (Å²) in [7, 11) is -3.52. The summed E-state index contributed by atoms with van der Waals surface area (Å²) in [5.74, 6) is 0.198. The highest BCUT2D eigenvalue weighted by Gasteiger charge is 2.26. The van der Waals surface area contributed by atoms with Gasteiger partial charge in [-0.3, -0.25) is 9.36 Å². The maximum absolute atomic E-state index is 13.0. The molecule has 1 amide bonds. The summed E-state index contributed by atoms with van der Waals surface area (Å²) in [6, 6.07) is 13.0. The third kappa shape index (κ3) is 4.08. The number of hydrogen-bond donors (Lipinski definition) is 1. The number of hydrogen-bond acceptors (Lipinski definition) is 6. The van der Waals surface area contributed by atoms with E-state index in [9.17, 15) is 13.2 Å². The second kappa shape index (κ2) is 8.34. The minimum absolute atomic E-state index is 0.0197. The number of nitrogens with zero attached hydrogens (tertiary/aromatic N) is 4. The molecule has 3 heterocycles. The minimum atomic E-state index is -3.52. The minimum Gasteiger partial charge on any atom is -0.337 e. The van der Waals surface area contributed by atoms with Crippen molar-refractivity contribution in [3.63, 3.8) is 0 Å². The average Bonchev–Trinajstić information content (AvgIpc) is 3.42. The number of likely N-dealkylation sites (tertiary alicyclic amines) is 1. The molecule has 2 aromatic heterocycles. The van der Waals surface area contributed by atoms with Gasteiger partial charge in [-0.15, -0.1) is 0 Å². The van der Waals surface area contributed by atoms with Gasteiger partial charge in [0.05, 0.1) is 10.4 Å². The van der Waals surface area contributed by atoms with Crippen LogP contribution in [0.2, 0.25) is 0 Å². The lowest BCUT2D eigenvalue weighted by molar-refractivity contribution is 0.0791. The number of amides is 1. The highest BCUT2D eigenvalue weighted by Crippen LogP contribution is 2.29. The van der Waals surface area contributed by atoms with Crippen LogP contribution in [0.25, 0.3) is 28.0 Å². The van der Waals surface area contributed by atoms with Crippen LogP contribution in [0, 0.1) is 6.92 Å². The molecule has 2 aromatic carbocycles. The fraction of sp³-hybridized carbons (Fsp3) is 0.240. The molecule has 1 fully saturated rings. The van der Waals surface area contributed by atoms with Gasteiger partial charge in [0.1, 0.15) is 0 Å². The summed E-state index contributed by atoms with van der Waals surface area (Å²) >= 11 is 0. The Bertz CT molecular complexity index is 1510. The smallest absolute Gasteiger partial charge is 0.253 e. The summed E-state index contributed by atoms with van der Waals surface area (Å²) in [5.41, 5.74) is 9.97. The molecular formula is C25H25N5O3S. The number of nitrogens with two attached hydrogens (primary N) is 1. The highest BCUT2D eigenvalue weighted by atomic mass is 32.2. The SMILES string of the molecule is Cc1cccc(-c2cnc(-n3cc(S(C)(=O)=O)c4ccc(C(=O)N5CC[C@@H](N)C5)cc43)nc2)c1. The van der Waals surface area contributed by atoms with Crippen LogP contribution in [0.5, 0.6) is 0 Å². The van der Waals surface area contributed by atoms with Crippen LogP contribution in [-0.4, -0.2) is 59.1 Å². The number of rotatable bonds is 4. The van der Waals surface area contributed by atoms with Crippen molar-refractivity contribution >= 4 is 26.6 Å². The van der Waals surface area contributed by atoms with Crippen molar-refractivity contribution in [3.8, 4) is 17.1 Å². The Hall–Kier alpha value is -3.56. The van der Waals surface area contributed by atoms with E-state index in [2.05, 4.69) is 9.97 Å². The van der Waals surface area contributed by atoms with E-state index in [-0.39, 0.29) is 16.8 Å². The highest BCUT2D eigenvalue weighted by molar-refractivity contribution is 7.91. The standard InChI is InChI=1S/C25H25N5O3S/c1-16-4-3-5-17(10-16)19-12-27-25(28-13-19)30-15-23(34(2,32)33)21-7-6-18(11-22(21)30)24(31)29-9-8-20(26)14-29/h3-7,10-13,15,20H,8-9,14,26H2,1-2H3/t20-/m1/s1. The molecular weight excluding hydrogens is 450 g/mol. The number of aromatic nitrogens is 3. The molecule has 0 aliphatic carbocycles. The van der Waals surface area contributed by atoms with Crippen molar-refractivity contribution in [3.05, 3.63) is 72.2 Å². The average molecular weight is 476 g/mol. The lowest BCUT2D eigenvalue weighted by Crippen LogP contribution is -2.31. The van der Waals surface area contributed by atoms with Crippen LogP contribution in [0.3, 0.4) is 0 Å². The molecule has 1 aliphatic heterocycles. The predicted molar refractivity (Wildman–Crippen MR) is 131 cm³/mol. The van der Waals surface area contributed by atoms with Gasteiger partial charge in [-0.1, -0.05) is 35.9 Å². The van der Waals surface area contributed by atoms with E-state index in [0.717, 1.165) is 23.1 Å². The van der Waals surface area contributed by atoms with Gasteiger partial charge in [0, 0.05) is 60.5 Å². The third-order valence-corrected chi connectivity index (χ3v) is 7.26. The maximum atomic E-state index is 13.0. The molecule has 9 heteroatoms. The number of fused-ring (bicyclic) bond motifs is 1.